The number of nitrogens with one attached hydrogen (secondary N) is 1. The molecule has 84 valence electrons. The second-order valence-electron chi connectivity index (χ2n) is 4.23. The zero-order valence-corrected chi connectivity index (χ0v) is 9.12. The van der Waals surface area contributed by atoms with Crippen molar-refractivity contribution < 1.29 is 9.53 Å². The van der Waals surface area contributed by atoms with Crippen molar-refractivity contribution in [3.8, 4) is 0 Å². The summed E-state index contributed by atoms with van der Waals surface area (Å²) < 4.78 is 4.76. The van der Waals surface area contributed by atoms with E-state index in [0.29, 0.717) is 18.2 Å². The van der Waals surface area contributed by atoms with E-state index in [9.17, 15) is 4.79 Å². The van der Waals surface area contributed by atoms with Crippen molar-refractivity contribution in [1.29, 1.82) is 0 Å². The first-order chi connectivity index (χ1) is 7.79. The van der Waals surface area contributed by atoms with Crippen LogP contribution in [0.25, 0.3) is 0 Å². The fraction of sp³-hybridized carbons (Fsp3) is 0.545. The number of carbonyl (C=O) groups excluding carboxylic acids is 1. The Bertz CT molecular complexity index is 455. The molecule has 0 radical (unpaired) electrons. The minimum absolute atomic E-state index is 0.357. The van der Waals surface area contributed by atoms with Crippen LogP contribution in [0.4, 0.5) is 0 Å². The number of hydrogen-bond donors (Lipinski definition) is 1. The molecule has 1 aliphatic carbocycles. The number of esters is 1. The minimum Gasteiger partial charge on any atom is -0.464 e. The van der Waals surface area contributed by atoms with Crippen LogP contribution >= 0.6 is 0 Å². The summed E-state index contributed by atoms with van der Waals surface area (Å²) in [6.45, 7) is 1.38. The van der Waals surface area contributed by atoms with Crippen molar-refractivity contribution in [3.63, 3.8) is 0 Å². The third-order valence-corrected chi connectivity index (χ3v) is 3.03. The molecule has 5 heteroatoms. The molecule has 1 aliphatic heterocycles. The molecule has 1 fully saturated rings. The molecule has 0 bridgehead atoms. The van der Waals surface area contributed by atoms with Gasteiger partial charge in [-0.25, -0.2) is 14.8 Å². The molecule has 1 N–H and O–H groups in total. The monoisotopic (exact) mass is 219 g/mol. The number of hydrogen-bond acceptors (Lipinski definition) is 5. The summed E-state index contributed by atoms with van der Waals surface area (Å²) in [7, 11) is 1.38. The van der Waals surface area contributed by atoms with Gasteiger partial charge in [0.05, 0.1) is 12.8 Å². The Morgan fingerprint density at radius 3 is 2.88 bits per heavy atom. The van der Waals surface area contributed by atoms with Gasteiger partial charge < -0.3 is 10.1 Å². The van der Waals surface area contributed by atoms with E-state index in [1.54, 1.807) is 0 Å². The predicted octanol–water partition coefficient (Wildman–Crippen LogP) is 0.744. The van der Waals surface area contributed by atoms with Gasteiger partial charge in [0.25, 0.3) is 0 Å². The van der Waals surface area contributed by atoms with Crippen molar-refractivity contribution in [2.75, 3.05) is 7.11 Å². The molecule has 3 rings (SSSR count). The second-order valence-corrected chi connectivity index (χ2v) is 4.23. The molecule has 0 unspecified atom stereocenters. The van der Waals surface area contributed by atoms with Gasteiger partial charge in [0.15, 0.2) is 5.69 Å². The van der Waals surface area contributed by atoms with Crippen LogP contribution in [0, 0.1) is 0 Å². The van der Waals surface area contributed by atoms with Crippen LogP contribution in [-0.4, -0.2) is 23.0 Å². The van der Waals surface area contributed by atoms with Crippen molar-refractivity contribution in [1.82, 2.24) is 15.3 Å². The van der Waals surface area contributed by atoms with Crippen molar-refractivity contribution in [3.05, 3.63) is 22.8 Å². The molecular formula is C11H13N3O2. The smallest absolute Gasteiger partial charge is 0.357 e. The number of fused-ring (bicyclic) bond motifs is 1. The van der Waals surface area contributed by atoms with Gasteiger partial charge in [-0.15, -0.1) is 0 Å². The lowest BCUT2D eigenvalue weighted by Gasteiger charge is -2.07. The number of ether oxygens (including phenoxy) is 1. The summed E-state index contributed by atoms with van der Waals surface area (Å²) in [5, 5.41) is 3.18. The molecule has 5 nitrogen and oxygen atoms in total. The lowest BCUT2D eigenvalue weighted by molar-refractivity contribution is 0.0592. The van der Waals surface area contributed by atoms with E-state index in [4.69, 9.17) is 4.74 Å². The van der Waals surface area contributed by atoms with Crippen LogP contribution in [0.5, 0.6) is 0 Å². The molecule has 16 heavy (non-hydrogen) atoms. The first-order valence-electron chi connectivity index (χ1n) is 5.48. The maximum atomic E-state index is 11.6. The summed E-state index contributed by atoms with van der Waals surface area (Å²) in [5.74, 6) is 0.904. The highest BCUT2D eigenvalue weighted by Gasteiger charge is 2.31. The molecule has 0 spiro atoms. The maximum absolute atomic E-state index is 11.6. The van der Waals surface area contributed by atoms with Gasteiger partial charge in [0, 0.05) is 24.6 Å². The molecule has 2 heterocycles. The average Bonchev–Trinajstić information content (AvgIpc) is 3.05. The summed E-state index contributed by atoms with van der Waals surface area (Å²) in [4.78, 5) is 20.5. The molecule has 1 saturated carbocycles. The molecule has 1 aromatic rings. The fourth-order valence-corrected chi connectivity index (χ4v) is 1.98. The zero-order chi connectivity index (χ0) is 11.1. The van der Waals surface area contributed by atoms with Gasteiger partial charge in [-0.1, -0.05) is 0 Å². The maximum Gasteiger partial charge on any atom is 0.357 e. The first-order valence-corrected chi connectivity index (χ1v) is 5.48. The SMILES string of the molecule is COC(=O)c1nc(C2CC2)nc2c1CNC2. The van der Waals surface area contributed by atoms with Gasteiger partial charge in [0.2, 0.25) is 0 Å². The van der Waals surface area contributed by atoms with E-state index in [1.807, 2.05) is 0 Å². The summed E-state index contributed by atoms with van der Waals surface area (Å²) in [6.07, 6.45) is 2.26. The largest absolute Gasteiger partial charge is 0.464 e. The van der Waals surface area contributed by atoms with E-state index in [0.717, 1.165) is 36.5 Å². The lowest BCUT2D eigenvalue weighted by Crippen LogP contribution is -2.12. The standard InChI is InChI=1S/C11H13N3O2/c1-16-11(15)9-7-4-12-5-8(7)13-10(14-9)6-2-3-6/h6,12H,2-5H2,1H3. The normalized spacial score (nSPS) is 18.3. The molecule has 0 atom stereocenters. The van der Waals surface area contributed by atoms with Crippen LogP contribution in [-0.2, 0) is 17.8 Å². The van der Waals surface area contributed by atoms with E-state index < -0.39 is 0 Å². The van der Waals surface area contributed by atoms with Gasteiger partial charge in [-0.2, -0.15) is 0 Å². The van der Waals surface area contributed by atoms with Crippen LogP contribution in [0.1, 0.15) is 46.3 Å². The highest BCUT2D eigenvalue weighted by Crippen LogP contribution is 2.38. The molecule has 0 aromatic carbocycles. The second kappa shape index (κ2) is 3.52. The lowest BCUT2D eigenvalue weighted by atomic mass is 10.2. The minimum atomic E-state index is -0.357. The number of methoxy groups -OCH3 is 1. The number of rotatable bonds is 2. The number of aromatic nitrogens is 2. The average molecular weight is 219 g/mol. The molecule has 1 aromatic heterocycles. The highest BCUT2D eigenvalue weighted by molar-refractivity contribution is 5.89. The van der Waals surface area contributed by atoms with E-state index in [2.05, 4.69) is 15.3 Å². The van der Waals surface area contributed by atoms with E-state index >= 15 is 0 Å². The summed E-state index contributed by atoms with van der Waals surface area (Å²) in [6, 6.07) is 0. The third-order valence-electron chi connectivity index (χ3n) is 3.03. The van der Waals surface area contributed by atoms with Crippen LogP contribution in [0.2, 0.25) is 0 Å². The first kappa shape index (κ1) is 9.72. The van der Waals surface area contributed by atoms with Crippen molar-refractivity contribution >= 4 is 5.97 Å². The Hall–Kier alpha value is -1.49. The van der Waals surface area contributed by atoms with Crippen LogP contribution in [0.15, 0.2) is 0 Å². The van der Waals surface area contributed by atoms with Gasteiger partial charge in [-0.05, 0) is 12.8 Å². The van der Waals surface area contributed by atoms with Crippen LogP contribution in [0.3, 0.4) is 0 Å². The van der Waals surface area contributed by atoms with Gasteiger partial charge in [0.1, 0.15) is 5.82 Å². The molecular weight excluding hydrogens is 206 g/mol. The Morgan fingerprint density at radius 1 is 1.38 bits per heavy atom. The quantitative estimate of drug-likeness (QED) is 0.743. The highest BCUT2D eigenvalue weighted by atomic mass is 16.5. The topological polar surface area (TPSA) is 64.1 Å². The molecule has 2 aliphatic rings. The Morgan fingerprint density at radius 2 is 2.19 bits per heavy atom. The predicted molar refractivity (Wildman–Crippen MR) is 55.9 cm³/mol. The van der Waals surface area contributed by atoms with Crippen molar-refractivity contribution in [2.45, 2.75) is 31.8 Å². The Labute approximate surface area is 93.2 Å². The number of carbonyl (C=O) groups is 1. The van der Waals surface area contributed by atoms with Crippen molar-refractivity contribution in [2.24, 2.45) is 0 Å². The Balaban J connectivity index is 2.09. The fourth-order valence-electron chi connectivity index (χ4n) is 1.98. The van der Waals surface area contributed by atoms with E-state index in [1.165, 1.54) is 7.11 Å². The summed E-state index contributed by atoms with van der Waals surface area (Å²) >= 11 is 0. The third kappa shape index (κ3) is 1.48. The number of nitrogens with zero attached hydrogens (tertiary/aromatic N) is 2. The Kier molecular flexibility index (Phi) is 2.14. The zero-order valence-electron chi connectivity index (χ0n) is 9.12. The van der Waals surface area contributed by atoms with Gasteiger partial charge in [-0.3, -0.25) is 0 Å². The van der Waals surface area contributed by atoms with Gasteiger partial charge >= 0.3 is 5.97 Å². The molecule has 0 saturated heterocycles. The van der Waals surface area contributed by atoms with E-state index in [-0.39, 0.29) is 5.97 Å². The van der Waals surface area contributed by atoms with Crippen LogP contribution < -0.4 is 5.32 Å². The molecule has 0 amide bonds. The summed E-state index contributed by atoms with van der Waals surface area (Å²) in [5.41, 5.74) is 2.30.